The van der Waals surface area contributed by atoms with Crippen molar-refractivity contribution >= 4 is 18.3 Å². The average Bonchev–Trinajstić information content (AvgIpc) is 2.56. The first kappa shape index (κ1) is 18.3. The Morgan fingerprint density at radius 2 is 1.87 bits per heavy atom. The number of piperidine rings is 1. The Morgan fingerprint density at radius 1 is 1.17 bits per heavy atom. The summed E-state index contributed by atoms with van der Waals surface area (Å²) in [4.78, 5) is 13.2. The second-order valence-corrected chi connectivity index (χ2v) is 7.01. The first-order valence-corrected chi connectivity index (χ1v) is 8.79. The van der Waals surface area contributed by atoms with Crippen LogP contribution in [0.2, 0.25) is 0 Å². The van der Waals surface area contributed by atoms with E-state index in [9.17, 15) is 4.79 Å². The fourth-order valence-corrected chi connectivity index (χ4v) is 4.03. The van der Waals surface area contributed by atoms with Gasteiger partial charge in [-0.15, -0.1) is 12.4 Å². The number of carbonyl (C=O) groups is 1. The molecule has 0 spiro atoms. The highest BCUT2D eigenvalue weighted by Crippen LogP contribution is 2.40. The van der Waals surface area contributed by atoms with Crippen LogP contribution >= 0.6 is 12.4 Å². The van der Waals surface area contributed by atoms with Gasteiger partial charge in [0.2, 0.25) is 5.91 Å². The number of rotatable bonds is 3. The predicted molar refractivity (Wildman–Crippen MR) is 97.2 cm³/mol. The summed E-state index contributed by atoms with van der Waals surface area (Å²) < 4.78 is 0. The quantitative estimate of drug-likeness (QED) is 0.887. The van der Waals surface area contributed by atoms with Gasteiger partial charge in [-0.25, -0.2) is 0 Å². The van der Waals surface area contributed by atoms with E-state index in [1.54, 1.807) is 0 Å². The fraction of sp³-hybridized carbons (Fsp3) is 0.632. The molecule has 2 fully saturated rings. The van der Waals surface area contributed by atoms with Crippen molar-refractivity contribution in [2.24, 2.45) is 0 Å². The van der Waals surface area contributed by atoms with Crippen LogP contribution in [0.5, 0.6) is 0 Å². The molecule has 1 amide bonds. The molecule has 1 aromatic rings. The standard InChI is InChI=1S/C19H28N2O.ClH/c1-15-6-5-7-16(14-15)19(10-3-2-4-11-19)18(22)21-17-8-12-20-13-9-17;/h5-7,14,17,20H,2-4,8-13H2,1H3,(H,21,22);1H. The van der Waals surface area contributed by atoms with Crippen molar-refractivity contribution in [3.8, 4) is 0 Å². The number of carbonyl (C=O) groups excluding carboxylic acids is 1. The van der Waals surface area contributed by atoms with Crippen molar-refractivity contribution in [2.45, 2.75) is 63.3 Å². The summed E-state index contributed by atoms with van der Waals surface area (Å²) in [5, 5.41) is 6.73. The van der Waals surface area contributed by atoms with E-state index in [-0.39, 0.29) is 23.7 Å². The number of hydrogen-bond donors (Lipinski definition) is 2. The Kier molecular flexibility index (Phi) is 6.49. The van der Waals surface area contributed by atoms with Gasteiger partial charge in [0.05, 0.1) is 5.41 Å². The Bertz CT molecular complexity index is 520. The second-order valence-electron chi connectivity index (χ2n) is 7.01. The first-order valence-electron chi connectivity index (χ1n) is 8.79. The van der Waals surface area contributed by atoms with E-state index in [0.29, 0.717) is 6.04 Å². The highest BCUT2D eigenvalue weighted by molar-refractivity contribution is 5.88. The normalized spacial score (nSPS) is 21.3. The average molecular weight is 337 g/mol. The van der Waals surface area contributed by atoms with Crippen molar-refractivity contribution in [2.75, 3.05) is 13.1 Å². The predicted octanol–water partition coefficient (Wildman–Crippen LogP) is 3.49. The lowest BCUT2D eigenvalue weighted by molar-refractivity contribution is -0.129. The van der Waals surface area contributed by atoms with Gasteiger partial charge in [-0.2, -0.15) is 0 Å². The maximum absolute atomic E-state index is 13.2. The lowest BCUT2D eigenvalue weighted by atomic mass is 9.68. The molecule has 4 heteroatoms. The van der Waals surface area contributed by atoms with Crippen LogP contribution in [-0.2, 0) is 10.2 Å². The monoisotopic (exact) mass is 336 g/mol. The minimum atomic E-state index is -0.296. The number of hydrogen-bond acceptors (Lipinski definition) is 2. The molecule has 0 atom stereocenters. The lowest BCUT2D eigenvalue weighted by Crippen LogP contribution is -2.51. The van der Waals surface area contributed by atoms with E-state index in [1.165, 1.54) is 17.5 Å². The number of halogens is 1. The summed E-state index contributed by atoms with van der Waals surface area (Å²) in [5.41, 5.74) is 2.17. The summed E-state index contributed by atoms with van der Waals surface area (Å²) in [5.74, 6) is 0.268. The molecule has 1 heterocycles. The topological polar surface area (TPSA) is 41.1 Å². The molecule has 0 radical (unpaired) electrons. The Balaban J connectivity index is 0.00000192. The maximum atomic E-state index is 13.2. The molecule has 1 aliphatic heterocycles. The van der Waals surface area contributed by atoms with E-state index >= 15 is 0 Å². The van der Waals surface area contributed by atoms with Gasteiger partial charge in [-0.1, -0.05) is 49.1 Å². The SMILES string of the molecule is Cc1cccc(C2(C(=O)NC3CCNCC3)CCCCC2)c1.Cl. The maximum Gasteiger partial charge on any atom is 0.230 e. The largest absolute Gasteiger partial charge is 0.353 e. The molecule has 1 saturated carbocycles. The van der Waals surface area contributed by atoms with Crippen molar-refractivity contribution in [1.82, 2.24) is 10.6 Å². The molecule has 0 bridgehead atoms. The molecular weight excluding hydrogens is 308 g/mol. The van der Waals surface area contributed by atoms with Gasteiger partial charge in [0.1, 0.15) is 0 Å². The van der Waals surface area contributed by atoms with E-state index < -0.39 is 0 Å². The van der Waals surface area contributed by atoms with Crippen LogP contribution in [0.4, 0.5) is 0 Å². The van der Waals surface area contributed by atoms with Crippen LogP contribution in [0.25, 0.3) is 0 Å². The minimum absolute atomic E-state index is 0. The third-order valence-electron chi connectivity index (χ3n) is 5.39. The molecule has 2 N–H and O–H groups in total. The zero-order chi connectivity index (χ0) is 15.4. The van der Waals surface area contributed by atoms with Crippen LogP contribution in [-0.4, -0.2) is 25.0 Å². The third kappa shape index (κ3) is 4.07. The van der Waals surface area contributed by atoms with Crippen LogP contribution in [0, 0.1) is 6.92 Å². The van der Waals surface area contributed by atoms with Gasteiger partial charge in [-0.3, -0.25) is 4.79 Å². The molecule has 128 valence electrons. The van der Waals surface area contributed by atoms with Crippen molar-refractivity contribution in [3.05, 3.63) is 35.4 Å². The molecule has 2 aliphatic rings. The lowest BCUT2D eigenvalue weighted by Gasteiger charge is -2.38. The molecule has 3 nitrogen and oxygen atoms in total. The van der Waals surface area contributed by atoms with Gasteiger partial charge < -0.3 is 10.6 Å². The summed E-state index contributed by atoms with van der Waals surface area (Å²) in [6.45, 7) is 4.15. The Hall–Kier alpha value is -1.06. The molecular formula is C19H29ClN2O. The van der Waals surface area contributed by atoms with E-state index in [1.807, 2.05) is 0 Å². The molecule has 1 aromatic carbocycles. The molecule has 0 aromatic heterocycles. The van der Waals surface area contributed by atoms with Gasteiger partial charge in [0, 0.05) is 6.04 Å². The summed E-state index contributed by atoms with van der Waals surface area (Å²) in [6.07, 6.45) is 7.67. The number of nitrogens with one attached hydrogen (secondary N) is 2. The molecule has 1 aliphatic carbocycles. The van der Waals surface area contributed by atoms with E-state index in [2.05, 4.69) is 41.8 Å². The zero-order valence-electron chi connectivity index (χ0n) is 14.1. The van der Waals surface area contributed by atoms with Crippen molar-refractivity contribution in [3.63, 3.8) is 0 Å². The van der Waals surface area contributed by atoms with Crippen molar-refractivity contribution in [1.29, 1.82) is 0 Å². The van der Waals surface area contributed by atoms with Crippen LogP contribution in [0.1, 0.15) is 56.1 Å². The highest BCUT2D eigenvalue weighted by Gasteiger charge is 2.41. The van der Waals surface area contributed by atoms with Gasteiger partial charge in [0.25, 0.3) is 0 Å². The van der Waals surface area contributed by atoms with Gasteiger partial charge in [-0.05, 0) is 51.3 Å². The molecule has 23 heavy (non-hydrogen) atoms. The van der Waals surface area contributed by atoms with Crippen LogP contribution < -0.4 is 10.6 Å². The number of benzene rings is 1. The van der Waals surface area contributed by atoms with E-state index in [4.69, 9.17) is 0 Å². The Labute approximate surface area is 146 Å². The fourth-order valence-electron chi connectivity index (χ4n) is 4.03. The summed E-state index contributed by atoms with van der Waals surface area (Å²) in [6, 6.07) is 8.93. The summed E-state index contributed by atoms with van der Waals surface area (Å²) >= 11 is 0. The first-order chi connectivity index (χ1) is 10.7. The van der Waals surface area contributed by atoms with Crippen LogP contribution in [0.3, 0.4) is 0 Å². The smallest absolute Gasteiger partial charge is 0.230 e. The second kappa shape index (κ2) is 8.16. The summed E-state index contributed by atoms with van der Waals surface area (Å²) in [7, 11) is 0. The molecule has 0 unspecified atom stereocenters. The molecule has 1 saturated heterocycles. The number of amides is 1. The molecule has 3 rings (SSSR count). The zero-order valence-corrected chi connectivity index (χ0v) is 14.9. The van der Waals surface area contributed by atoms with Gasteiger partial charge >= 0.3 is 0 Å². The number of aryl methyl sites for hydroxylation is 1. The Morgan fingerprint density at radius 3 is 2.52 bits per heavy atom. The van der Waals surface area contributed by atoms with Crippen molar-refractivity contribution < 1.29 is 4.79 Å². The highest BCUT2D eigenvalue weighted by atomic mass is 35.5. The minimum Gasteiger partial charge on any atom is -0.353 e. The third-order valence-corrected chi connectivity index (χ3v) is 5.39. The van der Waals surface area contributed by atoms with Crippen LogP contribution in [0.15, 0.2) is 24.3 Å². The van der Waals surface area contributed by atoms with Gasteiger partial charge in [0.15, 0.2) is 0 Å². The van der Waals surface area contributed by atoms with E-state index in [0.717, 1.165) is 51.6 Å².